The lowest BCUT2D eigenvalue weighted by Gasteiger charge is -2.28. The summed E-state index contributed by atoms with van der Waals surface area (Å²) in [5, 5.41) is 10.7. The van der Waals surface area contributed by atoms with Crippen LogP contribution in [0.15, 0.2) is 18.2 Å². The van der Waals surface area contributed by atoms with Crippen molar-refractivity contribution >= 4 is 17.3 Å². The lowest BCUT2D eigenvalue weighted by Crippen LogP contribution is -2.39. The van der Waals surface area contributed by atoms with E-state index in [1.807, 2.05) is 27.7 Å². The molecule has 20 heavy (non-hydrogen) atoms. The molecule has 0 spiro atoms. The van der Waals surface area contributed by atoms with Gasteiger partial charge in [-0.1, -0.05) is 13.8 Å². The maximum Gasteiger partial charge on any atom is 0.292 e. The van der Waals surface area contributed by atoms with Gasteiger partial charge in [0, 0.05) is 24.2 Å². The average Bonchev–Trinajstić information content (AvgIpc) is 2.34. The quantitative estimate of drug-likeness (QED) is 0.509. The summed E-state index contributed by atoms with van der Waals surface area (Å²) < 4.78 is 0. The van der Waals surface area contributed by atoms with E-state index in [1.165, 1.54) is 18.2 Å². The zero-order valence-electron chi connectivity index (χ0n) is 12.3. The number of nitrogens with zero attached hydrogens (tertiary/aromatic N) is 2. The van der Waals surface area contributed by atoms with E-state index in [9.17, 15) is 14.9 Å². The highest BCUT2D eigenvalue weighted by Crippen LogP contribution is 2.23. The molecule has 1 rings (SSSR count). The van der Waals surface area contributed by atoms with Crippen molar-refractivity contribution in [2.75, 3.05) is 12.3 Å². The number of amides is 1. The third kappa shape index (κ3) is 3.69. The summed E-state index contributed by atoms with van der Waals surface area (Å²) in [6.07, 6.45) is 0. The van der Waals surface area contributed by atoms with Crippen LogP contribution in [-0.2, 0) is 0 Å². The Morgan fingerprint density at radius 1 is 1.35 bits per heavy atom. The first-order valence-corrected chi connectivity index (χ1v) is 6.59. The number of carbonyl (C=O) groups excluding carboxylic acids is 1. The second-order valence-corrected chi connectivity index (χ2v) is 5.48. The first-order chi connectivity index (χ1) is 9.23. The Balaban J connectivity index is 3.06. The highest BCUT2D eigenvalue weighted by molar-refractivity contribution is 5.96. The largest absolute Gasteiger partial charge is 0.393 e. The van der Waals surface area contributed by atoms with Crippen molar-refractivity contribution in [2.24, 2.45) is 5.92 Å². The molecule has 1 amide bonds. The molecule has 110 valence electrons. The van der Waals surface area contributed by atoms with Gasteiger partial charge in [-0.25, -0.2) is 0 Å². The third-order valence-electron chi connectivity index (χ3n) is 2.92. The number of anilines is 1. The van der Waals surface area contributed by atoms with Crippen LogP contribution in [0.3, 0.4) is 0 Å². The van der Waals surface area contributed by atoms with Gasteiger partial charge in [0.1, 0.15) is 5.69 Å². The van der Waals surface area contributed by atoms with E-state index in [0.717, 1.165) is 0 Å². The summed E-state index contributed by atoms with van der Waals surface area (Å²) in [6, 6.07) is 4.15. The van der Waals surface area contributed by atoms with Gasteiger partial charge in [-0.05, 0) is 31.9 Å². The number of nitro benzene ring substituents is 1. The molecule has 0 atom stereocenters. The molecule has 0 aliphatic rings. The smallest absolute Gasteiger partial charge is 0.292 e. The SMILES string of the molecule is CC(C)CN(C(=O)c1ccc([N+](=O)[O-])c(N)c1)C(C)C. The van der Waals surface area contributed by atoms with Gasteiger partial charge < -0.3 is 10.6 Å². The molecule has 0 radical (unpaired) electrons. The number of carbonyl (C=O) groups is 1. The minimum Gasteiger partial charge on any atom is -0.393 e. The molecule has 0 aromatic heterocycles. The average molecular weight is 279 g/mol. The number of nitrogens with two attached hydrogens (primary N) is 1. The van der Waals surface area contributed by atoms with Crippen LogP contribution >= 0.6 is 0 Å². The number of nitro groups is 1. The zero-order valence-corrected chi connectivity index (χ0v) is 12.3. The van der Waals surface area contributed by atoms with Crippen molar-refractivity contribution in [1.82, 2.24) is 4.90 Å². The van der Waals surface area contributed by atoms with Gasteiger partial charge in [0.05, 0.1) is 4.92 Å². The van der Waals surface area contributed by atoms with Crippen LogP contribution in [0.5, 0.6) is 0 Å². The van der Waals surface area contributed by atoms with Crippen molar-refractivity contribution in [2.45, 2.75) is 33.7 Å². The van der Waals surface area contributed by atoms with Gasteiger partial charge >= 0.3 is 0 Å². The zero-order chi connectivity index (χ0) is 15.4. The second kappa shape index (κ2) is 6.36. The van der Waals surface area contributed by atoms with Crippen LogP contribution in [0.25, 0.3) is 0 Å². The van der Waals surface area contributed by atoms with E-state index in [2.05, 4.69) is 0 Å². The summed E-state index contributed by atoms with van der Waals surface area (Å²) in [6.45, 7) is 8.58. The molecule has 6 nitrogen and oxygen atoms in total. The van der Waals surface area contributed by atoms with E-state index in [4.69, 9.17) is 5.73 Å². The molecule has 0 saturated carbocycles. The molecule has 0 fully saturated rings. The highest BCUT2D eigenvalue weighted by Gasteiger charge is 2.21. The monoisotopic (exact) mass is 279 g/mol. The van der Waals surface area contributed by atoms with Gasteiger partial charge in [0.15, 0.2) is 0 Å². The summed E-state index contributed by atoms with van der Waals surface area (Å²) in [5.41, 5.74) is 5.83. The van der Waals surface area contributed by atoms with Crippen molar-refractivity contribution in [3.05, 3.63) is 33.9 Å². The van der Waals surface area contributed by atoms with Crippen molar-refractivity contribution in [3.63, 3.8) is 0 Å². The summed E-state index contributed by atoms with van der Waals surface area (Å²) in [4.78, 5) is 24.4. The molecule has 1 aromatic carbocycles. The van der Waals surface area contributed by atoms with Crippen LogP contribution in [-0.4, -0.2) is 28.3 Å². The van der Waals surface area contributed by atoms with E-state index in [1.54, 1.807) is 4.90 Å². The predicted octanol–water partition coefficient (Wildman–Crippen LogP) is 2.68. The van der Waals surface area contributed by atoms with Crippen molar-refractivity contribution in [1.29, 1.82) is 0 Å². The lowest BCUT2D eigenvalue weighted by molar-refractivity contribution is -0.383. The predicted molar refractivity (Wildman–Crippen MR) is 78.5 cm³/mol. The fourth-order valence-corrected chi connectivity index (χ4v) is 1.94. The van der Waals surface area contributed by atoms with Gasteiger partial charge in [0.25, 0.3) is 11.6 Å². The molecule has 2 N–H and O–H groups in total. The number of hydrogen-bond donors (Lipinski definition) is 1. The molecule has 0 heterocycles. The van der Waals surface area contributed by atoms with Gasteiger partial charge in [-0.3, -0.25) is 14.9 Å². The summed E-state index contributed by atoms with van der Waals surface area (Å²) in [7, 11) is 0. The van der Waals surface area contributed by atoms with Crippen LogP contribution in [0, 0.1) is 16.0 Å². The van der Waals surface area contributed by atoms with E-state index in [-0.39, 0.29) is 23.3 Å². The molecule has 0 aliphatic carbocycles. The van der Waals surface area contributed by atoms with E-state index >= 15 is 0 Å². The molecule has 0 unspecified atom stereocenters. The molecule has 6 heteroatoms. The van der Waals surface area contributed by atoms with Gasteiger partial charge in [-0.2, -0.15) is 0 Å². The van der Waals surface area contributed by atoms with E-state index < -0.39 is 4.92 Å². The Morgan fingerprint density at radius 2 is 1.95 bits per heavy atom. The standard InChI is InChI=1S/C14H21N3O3/c1-9(2)8-16(10(3)4)14(18)11-5-6-13(17(19)20)12(15)7-11/h5-7,9-10H,8,15H2,1-4H3. The first kappa shape index (κ1) is 15.9. The Morgan fingerprint density at radius 3 is 2.35 bits per heavy atom. The lowest BCUT2D eigenvalue weighted by atomic mass is 10.1. The third-order valence-corrected chi connectivity index (χ3v) is 2.92. The van der Waals surface area contributed by atoms with Crippen LogP contribution < -0.4 is 5.73 Å². The van der Waals surface area contributed by atoms with Crippen molar-refractivity contribution < 1.29 is 9.72 Å². The Bertz CT molecular complexity index is 512. The Kier molecular flexibility index (Phi) is 5.07. The van der Waals surface area contributed by atoms with Crippen LogP contribution in [0.4, 0.5) is 11.4 Å². The Labute approximate surface area is 118 Å². The number of benzene rings is 1. The fraction of sp³-hybridized carbons (Fsp3) is 0.500. The summed E-state index contributed by atoms with van der Waals surface area (Å²) >= 11 is 0. The van der Waals surface area contributed by atoms with E-state index in [0.29, 0.717) is 18.0 Å². The highest BCUT2D eigenvalue weighted by atomic mass is 16.6. The van der Waals surface area contributed by atoms with Crippen molar-refractivity contribution in [3.8, 4) is 0 Å². The minimum absolute atomic E-state index is 0.00843. The molecular formula is C14H21N3O3. The van der Waals surface area contributed by atoms with Gasteiger partial charge in [-0.15, -0.1) is 0 Å². The molecule has 0 saturated heterocycles. The Hall–Kier alpha value is -2.11. The number of rotatable bonds is 5. The second-order valence-electron chi connectivity index (χ2n) is 5.48. The molecular weight excluding hydrogens is 258 g/mol. The van der Waals surface area contributed by atoms with Gasteiger partial charge in [0.2, 0.25) is 0 Å². The topological polar surface area (TPSA) is 89.5 Å². The normalized spacial score (nSPS) is 10.9. The number of hydrogen-bond acceptors (Lipinski definition) is 4. The molecule has 0 bridgehead atoms. The van der Waals surface area contributed by atoms with Crippen LogP contribution in [0.2, 0.25) is 0 Å². The number of nitrogen functional groups attached to an aromatic ring is 1. The van der Waals surface area contributed by atoms with Crippen LogP contribution in [0.1, 0.15) is 38.1 Å². The summed E-state index contributed by atoms with van der Waals surface area (Å²) in [5.74, 6) is 0.187. The minimum atomic E-state index is -0.558. The fourth-order valence-electron chi connectivity index (χ4n) is 1.94. The maximum atomic E-state index is 12.5. The maximum absolute atomic E-state index is 12.5. The first-order valence-electron chi connectivity index (χ1n) is 6.59. The molecule has 0 aliphatic heterocycles. The molecule has 1 aromatic rings.